The first-order valence-electron chi connectivity index (χ1n) is 14.4. The van der Waals surface area contributed by atoms with Gasteiger partial charge in [0.25, 0.3) is 5.91 Å². The van der Waals surface area contributed by atoms with Gasteiger partial charge in [0.15, 0.2) is 0 Å². The molecule has 2 aromatic carbocycles. The van der Waals surface area contributed by atoms with E-state index < -0.39 is 0 Å². The summed E-state index contributed by atoms with van der Waals surface area (Å²) in [4.78, 5) is 28.3. The zero-order valence-electron chi connectivity index (χ0n) is 22.7. The third kappa shape index (κ3) is 6.21. The maximum atomic E-state index is 13.0. The molecule has 202 valence electrons. The van der Waals surface area contributed by atoms with Crippen LogP contribution in [0, 0.1) is 5.92 Å². The number of imidazole rings is 1. The lowest BCUT2D eigenvalue weighted by atomic mass is 9.92. The van der Waals surface area contributed by atoms with Crippen molar-refractivity contribution in [3.05, 3.63) is 77.9 Å². The number of benzene rings is 2. The number of fused-ring (bicyclic) bond motifs is 1. The minimum Gasteiger partial charge on any atom is -0.341 e. The van der Waals surface area contributed by atoms with Crippen LogP contribution in [0.1, 0.15) is 60.9 Å². The number of nitrogens with one attached hydrogen (secondary N) is 3. The number of aromatic nitrogens is 3. The van der Waals surface area contributed by atoms with Gasteiger partial charge in [0.1, 0.15) is 5.82 Å². The van der Waals surface area contributed by atoms with Crippen molar-refractivity contribution in [1.82, 2.24) is 25.2 Å². The summed E-state index contributed by atoms with van der Waals surface area (Å²) in [7, 11) is 0. The van der Waals surface area contributed by atoms with E-state index in [-0.39, 0.29) is 5.91 Å². The van der Waals surface area contributed by atoms with E-state index in [2.05, 4.69) is 39.6 Å². The first-order valence-corrected chi connectivity index (χ1v) is 14.4. The molecule has 0 bridgehead atoms. The van der Waals surface area contributed by atoms with Crippen LogP contribution in [0.5, 0.6) is 0 Å². The molecule has 0 radical (unpaired) electrons. The van der Waals surface area contributed by atoms with Crippen LogP contribution in [0.15, 0.2) is 60.8 Å². The Labute approximate surface area is 230 Å². The summed E-state index contributed by atoms with van der Waals surface area (Å²) in [6.07, 6.45) is 9.24. The van der Waals surface area contributed by atoms with E-state index in [1.54, 1.807) is 0 Å². The maximum Gasteiger partial charge on any atom is 0.255 e. The molecule has 2 aliphatic rings. The molecular formula is C32H38N6O. The minimum absolute atomic E-state index is 0.127. The van der Waals surface area contributed by atoms with Gasteiger partial charge in [-0.25, -0.2) is 4.98 Å². The van der Waals surface area contributed by atoms with Crippen molar-refractivity contribution >= 4 is 22.6 Å². The number of hydrogen-bond donors (Lipinski definition) is 3. The molecule has 39 heavy (non-hydrogen) atoms. The quantitative estimate of drug-likeness (QED) is 0.273. The third-order valence-corrected chi connectivity index (χ3v) is 8.40. The number of amides is 1. The number of aryl methyl sites for hydroxylation is 1. The van der Waals surface area contributed by atoms with Gasteiger partial charge in [0.05, 0.1) is 17.6 Å². The Kier molecular flexibility index (Phi) is 7.70. The summed E-state index contributed by atoms with van der Waals surface area (Å²) in [6.45, 7) is 6.52. The highest BCUT2D eigenvalue weighted by molar-refractivity contribution is 6.05. The van der Waals surface area contributed by atoms with Crippen LogP contribution in [0.3, 0.4) is 0 Å². The monoisotopic (exact) mass is 522 g/mol. The summed E-state index contributed by atoms with van der Waals surface area (Å²) < 4.78 is 0. The molecule has 0 aliphatic carbocycles. The van der Waals surface area contributed by atoms with Crippen LogP contribution in [0.2, 0.25) is 0 Å². The third-order valence-electron chi connectivity index (χ3n) is 8.40. The van der Waals surface area contributed by atoms with E-state index in [9.17, 15) is 4.79 Å². The largest absolute Gasteiger partial charge is 0.341 e. The summed E-state index contributed by atoms with van der Waals surface area (Å²) in [6, 6.07) is 18.4. The van der Waals surface area contributed by atoms with Gasteiger partial charge in [0, 0.05) is 34.7 Å². The van der Waals surface area contributed by atoms with Gasteiger partial charge in [-0.05, 0) is 113 Å². The lowest BCUT2D eigenvalue weighted by Crippen LogP contribution is -2.27. The molecule has 2 aliphatic heterocycles. The van der Waals surface area contributed by atoms with Crippen molar-refractivity contribution in [2.75, 3.05) is 25.0 Å². The fraction of sp³-hybridized carbons (Fsp3) is 0.406. The maximum absolute atomic E-state index is 13.0. The van der Waals surface area contributed by atoms with Crippen molar-refractivity contribution in [2.45, 2.75) is 58.0 Å². The number of nitrogens with zero attached hydrogens (tertiary/aromatic N) is 3. The van der Waals surface area contributed by atoms with Gasteiger partial charge in [-0.2, -0.15) is 0 Å². The first kappa shape index (κ1) is 25.7. The number of piperidine rings is 1. The highest BCUT2D eigenvalue weighted by Gasteiger charge is 2.21. The van der Waals surface area contributed by atoms with E-state index in [0.717, 1.165) is 77.9 Å². The van der Waals surface area contributed by atoms with Gasteiger partial charge in [0.2, 0.25) is 0 Å². The van der Waals surface area contributed by atoms with Crippen molar-refractivity contribution in [1.29, 1.82) is 0 Å². The molecule has 0 spiro atoms. The fourth-order valence-electron chi connectivity index (χ4n) is 5.92. The number of hydrogen-bond acceptors (Lipinski definition) is 5. The summed E-state index contributed by atoms with van der Waals surface area (Å²) in [5, 5.41) is 6.47. The van der Waals surface area contributed by atoms with Crippen molar-refractivity contribution in [2.24, 2.45) is 5.92 Å². The number of carbonyl (C=O) groups excluding carboxylic acids is 1. The average molecular weight is 523 g/mol. The van der Waals surface area contributed by atoms with E-state index in [1.165, 1.54) is 32.1 Å². The van der Waals surface area contributed by atoms with Crippen LogP contribution in [-0.2, 0) is 13.0 Å². The number of likely N-dealkylation sites (tertiary alicyclic amines) is 1. The van der Waals surface area contributed by atoms with E-state index in [0.29, 0.717) is 11.6 Å². The molecule has 3 N–H and O–H groups in total. The van der Waals surface area contributed by atoms with Gasteiger partial charge >= 0.3 is 0 Å². The molecule has 2 aromatic heterocycles. The normalized spacial score (nSPS) is 18.5. The van der Waals surface area contributed by atoms with Crippen LogP contribution in [-0.4, -0.2) is 51.4 Å². The Hall–Kier alpha value is -3.55. The molecule has 4 heterocycles. The lowest BCUT2D eigenvalue weighted by Gasteiger charge is -2.22. The number of aromatic amines is 1. The van der Waals surface area contributed by atoms with Gasteiger partial charge in [-0.15, -0.1) is 0 Å². The van der Waals surface area contributed by atoms with Crippen LogP contribution < -0.4 is 10.6 Å². The number of H-pyrrole nitrogens is 1. The predicted octanol–water partition coefficient (Wildman–Crippen LogP) is 5.79. The Morgan fingerprint density at radius 2 is 1.85 bits per heavy atom. The molecule has 7 nitrogen and oxygen atoms in total. The second kappa shape index (κ2) is 11.7. The molecule has 1 amide bonds. The molecule has 2 saturated heterocycles. The van der Waals surface area contributed by atoms with Crippen LogP contribution >= 0.6 is 0 Å². The summed E-state index contributed by atoms with van der Waals surface area (Å²) in [5.41, 5.74) is 6.52. The molecule has 6 rings (SSSR count). The highest BCUT2D eigenvalue weighted by Crippen LogP contribution is 2.24. The van der Waals surface area contributed by atoms with Crippen LogP contribution in [0.25, 0.3) is 22.2 Å². The smallest absolute Gasteiger partial charge is 0.255 e. The first-order chi connectivity index (χ1) is 19.1. The van der Waals surface area contributed by atoms with Crippen molar-refractivity contribution < 1.29 is 4.79 Å². The van der Waals surface area contributed by atoms with E-state index in [1.807, 2.05) is 48.7 Å². The van der Waals surface area contributed by atoms with Gasteiger partial charge in [-0.1, -0.05) is 18.2 Å². The second-order valence-electron chi connectivity index (χ2n) is 11.2. The molecule has 1 atom stereocenters. The lowest BCUT2D eigenvalue weighted by molar-refractivity contribution is 0.102. The molecule has 4 aromatic rings. The van der Waals surface area contributed by atoms with Crippen molar-refractivity contribution in [3.63, 3.8) is 0 Å². The number of carbonyl (C=O) groups is 1. The Balaban J connectivity index is 1.05. The molecule has 7 heteroatoms. The van der Waals surface area contributed by atoms with E-state index in [4.69, 9.17) is 9.97 Å². The average Bonchev–Trinajstić information content (AvgIpc) is 3.57. The van der Waals surface area contributed by atoms with E-state index >= 15 is 0 Å². The number of rotatable bonds is 8. The highest BCUT2D eigenvalue weighted by atomic mass is 16.1. The standard InChI is InChI=1S/C32H38N6O/c1-22-3-2-18-38(22)21-31-36-29-13-12-28(19-30(29)37-31)35-32(39)25-7-5-24(6-8-25)26-9-11-27(34-20-26)10-4-23-14-16-33-17-15-23/h5-9,11-13,19-20,22-23,33H,2-4,10,14-18,21H2,1H3,(H,35,39)(H,36,37)/t22-/m0/s1. The Bertz CT molecular complexity index is 1410. The SMILES string of the molecule is C[C@H]1CCCN1Cc1nc2ccc(NC(=O)c3ccc(-c4ccc(CCC5CCNCC5)nc4)cc3)cc2[nH]1. The van der Waals surface area contributed by atoms with Crippen LogP contribution in [0.4, 0.5) is 5.69 Å². The molecule has 0 saturated carbocycles. The minimum atomic E-state index is -0.127. The fourth-order valence-corrected chi connectivity index (χ4v) is 5.92. The Morgan fingerprint density at radius 1 is 1.03 bits per heavy atom. The van der Waals surface area contributed by atoms with Gasteiger partial charge < -0.3 is 15.6 Å². The number of pyridine rings is 1. The molecule has 0 unspecified atom stereocenters. The Morgan fingerprint density at radius 3 is 2.59 bits per heavy atom. The summed E-state index contributed by atoms with van der Waals surface area (Å²) >= 11 is 0. The predicted molar refractivity (Wildman–Crippen MR) is 157 cm³/mol. The zero-order chi connectivity index (χ0) is 26.6. The number of anilines is 1. The summed E-state index contributed by atoms with van der Waals surface area (Å²) in [5.74, 6) is 1.66. The van der Waals surface area contributed by atoms with Gasteiger partial charge in [-0.3, -0.25) is 14.7 Å². The molecular weight excluding hydrogens is 484 g/mol. The topological polar surface area (TPSA) is 85.9 Å². The zero-order valence-corrected chi connectivity index (χ0v) is 22.7. The van der Waals surface area contributed by atoms with Crippen molar-refractivity contribution in [3.8, 4) is 11.1 Å². The molecule has 2 fully saturated rings. The second-order valence-corrected chi connectivity index (χ2v) is 11.2.